The van der Waals surface area contributed by atoms with Crippen LogP contribution in [0.15, 0.2) is 76.9 Å². The van der Waals surface area contributed by atoms with Crippen molar-refractivity contribution in [1.29, 1.82) is 0 Å². The molecule has 0 unspecified atom stereocenters. The van der Waals surface area contributed by atoms with E-state index in [9.17, 15) is 18.0 Å². The average Bonchev–Trinajstić information content (AvgIpc) is 3.13. The number of hydrogen-bond acceptors (Lipinski definition) is 3. The van der Waals surface area contributed by atoms with Gasteiger partial charge in [0.25, 0.3) is 5.78 Å². The second-order valence-corrected chi connectivity index (χ2v) is 6.62. The van der Waals surface area contributed by atoms with Crippen LogP contribution in [0, 0.1) is 0 Å². The summed E-state index contributed by atoms with van der Waals surface area (Å²) in [5.74, 6) is -2.80. The molecule has 3 rings (SSSR count). The van der Waals surface area contributed by atoms with Gasteiger partial charge in [-0.25, -0.2) is 0 Å². The molecule has 6 heteroatoms. The summed E-state index contributed by atoms with van der Waals surface area (Å²) in [5.41, 5.74) is 0.811. The normalized spacial score (nSPS) is 19.1. The third-order valence-electron chi connectivity index (χ3n) is 4.02. The summed E-state index contributed by atoms with van der Waals surface area (Å²) < 4.78 is 44.9. The van der Waals surface area contributed by atoms with Crippen molar-refractivity contribution in [2.24, 2.45) is 0 Å². The molecule has 134 valence electrons. The maximum atomic E-state index is 13.3. The largest absolute Gasteiger partial charge is 0.496 e. The van der Waals surface area contributed by atoms with Gasteiger partial charge in [-0.3, -0.25) is 4.79 Å². The lowest BCUT2D eigenvalue weighted by molar-refractivity contribution is -0.167. The van der Waals surface area contributed by atoms with Crippen LogP contribution in [0.3, 0.4) is 0 Å². The van der Waals surface area contributed by atoms with Crippen LogP contribution < -0.4 is 0 Å². The number of Topliss-reactive ketones (excluding diaryl/α,β-unsaturated/α-hetero) is 1. The molecule has 0 radical (unpaired) electrons. The second-order valence-electron chi connectivity index (χ2n) is 5.65. The summed E-state index contributed by atoms with van der Waals surface area (Å²) in [6, 6.07) is 12.4. The molecule has 0 amide bonds. The first-order valence-electron chi connectivity index (χ1n) is 7.79. The number of ether oxygens (including phenoxy) is 1. The van der Waals surface area contributed by atoms with Crippen molar-refractivity contribution in [3.63, 3.8) is 0 Å². The SMILES string of the molecule is COC1=C(C(=O)C(F)(F)F)[C@H](c2ccccc2)/C(=C/c2cccs2)C=C1. The van der Waals surface area contributed by atoms with E-state index in [2.05, 4.69) is 0 Å². The molecule has 1 atom stereocenters. The highest BCUT2D eigenvalue weighted by atomic mass is 32.1. The monoisotopic (exact) mass is 376 g/mol. The van der Waals surface area contributed by atoms with E-state index in [0.717, 1.165) is 4.88 Å². The summed E-state index contributed by atoms with van der Waals surface area (Å²) in [7, 11) is 1.26. The first-order valence-corrected chi connectivity index (χ1v) is 8.67. The van der Waals surface area contributed by atoms with Gasteiger partial charge in [0.05, 0.1) is 12.7 Å². The van der Waals surface area contributed by atoms with E-state index in [0.29, 0.717) is 11.1 Å². The van der Waals surface area contributed by atoms with Crippen LogP contribution in [0.5, 0.6) is 0 Å². The zero-order valence-electron chi connectivity index (χ0n) is 13.8. The molecule has 2 nitrogen and oxygen atoms in total. The van der Waals surface area contributed by atoms with E-state index in [1.807, 2.05) is 17.5 Å². The number of rotatable bonds is 4. The molecule has 0 aliphatic heterocycles. The Balaban J connectivity index is 2.20. The van der Waals surface area contributed by atoms with Crippen LogP contribution in [0.4, 0.5) is 13.2 Å². The summed E-state index contributed by atoms with van der Waals surface area (Å²) >= 11 is 1.47. The Bertz CT molecular complexity index is 876. The van der Waals surface area contributed by atoms with E-state index in [1.54, 1.807) is 42.5 Å². The quantitative estimate of drug-likeness (QED) is 0.703. The molecule has 0 saturated carbocycles. The molecule has 1 aliphatic rings. The van der Waals surface area contributed by atoms with Gasteiger partial charge < -0.3 is 4.74 Å². The van der Waals surface area contributed by atoms with Gasteiger partial charge in [0, 0.05) is 10.8 Å². The first-order chi connectivity index (χ1) is 12.4. The van der Waals surface area contributed by atoms with Gasteiger partial charge in [0.2, 0.25) is 0 Å². The number of carbonyl (C=O) groups excluding carboxylic acids is 1. The highest BCUT2D eigenvalue weighted by Gasteiger charge is 2.46. The zero-order chi connectivity index (χ0) is 18.7. The van der Waals surface area contributed by atoms with Crippen LogP contribution in [0.2, 0.25) is 0 Å². The Morgan fingerprint density at radius 3 is 2.42 bits per heavy atom. The number of halogens is 3. The maximum Gasteiger partial charge on any atom is 0.454 e. The van der Waals surface area contributed by atoms with E-state index in [-0.39, 0.29) is 5.76 Å². The average molecular weight is 376 g/mol. The van der Waals surface area contributed by atoms with Crippen LogP contribution in [-0.4, -0.2) is 19.1 Å². The number of benzene rings is 1. The molecule has 1 aromatic heterocycles. The van der Waals surface area contributed by atoms with E-state index < -0.39 is 23.5 Å². The second kappa shape index (κ2) is 7.33. The highest BCUT2D eigenvalue weighted by molar-refractivity contribution is 7.10. The molecule has 0 N–H and O–H groups in total. The number of ketones is 1. The Labute approximate surface area is 152 Å². The molecule has 0 bridgehead atoms. The Hall–Kier alpha value is -2.60. The van der Waals surface area contributed by atoms with Crippen LogP contribution in [0.25, 0.3) is 6.08 Å². The topological polar surface area (TPSA) is 26.3 Å². The molecule has 0 fully saturated rings. The predicted octanol–water partition coefficient (Wildman–Crippen LogP) is 5.52. The van der Waals surface area contributed by atoms with Crippen molar-refractivity contribution in [1.82, 2.24) is 0 Å². The molecule has 0 spiro atoms. The molecule has 0 saturated heterocycles. The lowest BCUT2D eigenvalue weighted by Gasteiger charge is -2.27. The minimum absolute atomic E-state index is 0.0653. The standard InChI is InChI=1S/C20H15F3O2S/c1-25-16-10-9-14(12-15-8-5-11-26-15)17(13-6-3-2-4-7-13)18(16)19(24)20(21,22)23/h2-12,17H,1H3/b14-12+/t17-/m1/s1. The van der Waals surface area contributed by atoms with Gasteiger partial charge >= 0.3 is 6.18 Å². The van der Waals surface area contributed by atoms with Crippen LogP contribution >= 0.6 is 11.3 Å². The molecule has 1 heterocycles. The number of hydrogen-bond donors (Lipinski definition) is 0. The summed E-state index contributed by atoms with van der Waals surface area (Å²) in [6.07, 6.45) is -0.0679. The Morgan fingerprint density at radius 2 is 1.85 bits per heavy atom. The van der Waals surface area contributed by atoms with Gasteiger partial charge in [-0.05, 0) is 34.7 Å². The summed E-state index contributed by atoms with van der Waals surface area (Å²) in [4.78, 5) is 13.1. The molecular formula is C20H15F3O2S. The van der Waals surface area contributed by atoms with Crippen LogP contribution in [-0.2, 0) is 9.53 Å². The van der Waals surface area contributed by atoms with Gasteiger partial charge in [0.15, 0.2) is 0 Å². The lowest BCUT2D eigenvalue weighted by atomic mass is 9.78. The summed E-state index contributed by atoms with van der Waals surface area (Å²) in [5, 5.41) is 1.88. The predicted molar refractivity (Wildman–Crippen MR) is 95.7 cm³/mol. The number of thiophene rings is 1. The fourth-order valence-electron chi connectivity index (χ4n) is 2.91. The van der Waals surface area contributed by atoms with Gasteiger partial charge in [-0.1, -0.05) is 42.5 Å². The first kappa shape index (κ1) is 18.2. The Morgan fingerprint density at radius 1 is 1.12 bits per heavy atom. The molecule has 2 aromatic rings. The molecule has 26 heavy (non-hydrogen) atoms. The highest BCUT2D eigenvalue weighted by Crippen LogP contribution is 2.42. The molecular weight excluding hydrogens is 361 g/mol. The van der Waals surface area contributed by atoms with Gasteiger partial charge in [0.1, 0.15) is 5.76 Å². The zero-order valence-corrected chi connectivity index (χ0v) is 14.6. The third-order valence-corrected chi connectivity index (χ3v) is 4.84. The van der Waals surface area contributed by atoms with Gasteiger partial charge in [-0.2, -0.15) is 13.2 Å². The van der Waals surface area contributed by atoms with E-state index in [1.165, 1.54) is 24.5 Å². The van der Waals surface area contributed by atoms with Crippen molar-refractivity contribution >= 4 is 23.2 Å². The van der Waals surface area contributed by atoms with Crippen molar-refractivity contribution in [2.75, 3.05) is 7.11 Å². The van der Waals surface area contributed by atoms with Crippen molar-refractivity contribution in [3.05, 3.63) is 87.3 Å². The molecule has 1 aliphatic carbocycles. The minimum atomic E-state index is -4.98. The number of carbonyl (C=O) groups is 1. The smallest absolute Gasteiger partial charge is 0.454 e. The fraction of sp³-hybridized carbons (Fsp3) is 0.150. The number of allylic oxidation sites excluding steroid dienone is 4. The van der Waals surface area contributed by atoms with Crippen LogP contribution in [0.1, 0.15) is 16.4 Å². The maximum absolute atomic E-state index is 13.3. The lowest BCUT2D eigenvalue weighted by Crippen LogP contribution is -2.30. The number of alkyl halides is 3. The Kier molecular flexibility index (Phi) is 5.13. The minimum Gasteiger partial charge on any atom is -0.496 e. The molecule has 1 aromatic carbocycles. The number of methoxy groups -OCH3 is 1. The van der Waals surface area contributed by atoms with E-state index in [4.69, 9.17) is 4.74 Å². The van der Waals surface area contributed by atoms with Gasteiger partial charge in [-0.15, -0.1) is 11.3 Å². The summed E-state index contributed by atoms with van der Waals surface area (Å²) in [6.45, 7) is 0. The van der Waals surface area contributed by atoms with Crippen molar-refractivity contribution < 1.29 is 22.7 Å². The fourth-order valence-corrected chi connectivity index (χ4v) is 3.59. The van der Waals surface area contributed by atoms with E-state index >= 15 is 0 Å². The van der Waals surface area contributed by atoms with Crippen molar-refractivity contribution in [2.45, 2.75) is 12.1 Å². The van der Waals surface area contributed by atoms with Crippen molar-refractivity contribution in [3.8, 4) is 0 Å². The third kappa shape index (κ3) is 3.65.